The zero-order valence-electron chi connectivity index (χ0n) is 16.6. The van der Waals surface area contributed by atoms with Crippen LogP contribution in [0.15, 0.2) is 97.1 Å². The lowest BCUT2D eigenvalue weighted by Crippen LogP contribution is -1.96. The molecule has 2 aromatic heterocycles. The third kappa shape index (κ3) is 2.37. The van der Waals surface area contributed by atoms with E-state index in [0.29, 0.717) is 0 Å². The van der Waals surface area contributed by atoms with Crippen molar-refractivity contribution in [3.8, 4) is 16.8 Å². The van der Waals surface area contributed by atoms with E-state index in [0.717, 1.165) is 39.2 Å². The summed E-state index contributed by atoms with van der Waals surface area (Å²) in [7, 11) is 1.96. The first kappa shape index (κ1) is 16.9. The molecule has 0 saturated carbocycles. The van der Waals surface area contributed by atoms with E-state index in [1.807, 2.05) is 13.1 Å². The number of anilines is 1. The molecule has 0 aliphatic rings. The van der Waals surface area contributed by atoms with Gasteiger partial charge in [0.15, 0.2) is 0 Å². The van der Waals surface area contributed by atoms with Crippen LogP contribution in [-0.4, -0.2) is 21.0 Å². The van der Waals surface area contributed by atoms with E-state index in [1.165, 1.54) is 11.1 Å². The van der Waals surface area contributed by atoms with Gasteiger partial charge >= 0.3 is 0 Å². The molecular weight excluding hydrogens is 368 g/mol. The minimum Gasteiger partial charge on any atom is -0.388 e. The van der Waals surface area contributed by atoms with Gasteiger partial charge in [-0.2, -0.15) is 0 Å². The first-order valence-corrected chi connectivity index (χ1v) is 10.1. The highest BCUT2D eigenvalue weighted by Gasteiger charge is 2.17. The summed E-state index contributed by atoms with van der Waals surface area (Å²) in [6, 6.07) is 33.8. The lowest BCUT2D eigenvalue weighted by molar-refractivity contribution is 1.11. The summed E-state index contributed by atoms with van der Waals surface area (Å²) in [4.78, 5) is 4.98. The van der Waals surface area contributed by atoms with Crippen molar-refractivity contribution in [3.05, 3.63) is 97.1 Å². The van der Waals surface area contributed by atoms with Crippen LogP contribution in [0, 0.1) is 0 Å². The molecule has 0 radical (unpaired) electrons. The van der Waals surface area contributed by atoms with Gasteiger partial charge in [0, 0.05) is 24.0 Å². The minimum atomic E-state index is 0.927. The Hall–Kier alpha value is -4.05. The number of imidazole rings is 2. The Morgan fingerprint density at radius 2 is 1.43 bits per heavy atom. The maximum absolute atomic E-state index is 4.98. The number of benzene rings is 4. The maximum Gasteiger partial charge on any atom is 0.220 e. The number of hydrogen-bond donors (Lipinski definition) is 1. The Balaban J connectivity index is 1.67. The van der Waals surface area contributed by atoms with Crippen LogP contribution in [0.5, 0.6) is 0 Å². The monoisotopic (exact) mass is 388 g/mol. The van der Waals surface area contributed by atoms with Crippen molar-refractivity contribution in [2.24, 2.45) is 0 Å². The summed E-state index contributed by atoms with van der Waals surface area (Å²) >= 11 is 0. The molecular formula is C26H20N4. The number of nitrogens with zero attached hydrogens (tertiary/aromatic N) is 3. The van der Waals surface area contributed by atoms with Crippen LogP contribution in [0.4, 0.5) is 5.69 Å². The minimum absolute atomic E-state index is 0.927. The molecule has 0 atom stereocenters. The molecule has 6 rings (SSSR count). The van der Waals surface area contributed by atoms with Crippen LogP contribution in [0.1, 0.15) is 0 Å². The average Bonchev–Trinajstić information content (AvgIpc) is 3.33. The van der Waals surface area contributed by atoms with E-state index in [2.05, 4.69) is 105 Å². The second kappa shape index (κ2) is 6.49. The third-order valence-corrected chi connectivity index (χ3v) is 5.72. The molecule has 0 spiro atoms. The number of fused-ring (bicyclic) bond motifs is 5. The Morgan fingerprint density at radius 3 is 2.30 bits per heavy atom. The molecule has 30 heavy (non-hydrogen) atoms. The van der Waals surface area contributed by atoms with Gasteiger partial charge in [0.05, 0.1) is 22.1 Å². The second-order valence-corrected chi connectivity index (χ2v) is 7.41. The highest BCUT2D eigenvalue weighted by Crippen LogP contribution is 2.32. The number of aromatic nitrogens is 3. The number of rotatable bonds is 3. The lowest BCUT2D eigenvalue weighted by atomic mass is 10.0. The van der Waals surface area contributed by atoms with Crippen LogP contribution in [0.25, 0.3) is 44.7 Å². The van der Waals surface area contributed by atoms with Gasteiger partial charge < -0.3 is 5.32 Å². The van der Waals surface area contributed by atoms with Crippen molar-refractivity contribution in [2.45, 2.75) is 0 Å². The predicted octanol–water partition coefficient (Wildman–Crippen LogP) is 6.14. The van der Waals surface area contributed by atoms with Crippen molar-refractivity contribution in [3.63, 3.8) is 0 Å². The van der Waals surface area contributed by atoms with Crippen LogP contribution in [0.3, 0.4) is 0 Å². The van der Waals surface area contributed by atoms with E-state index >= 15 is 0 Å². The smallest absolute Gasteiger partial charge is 0.220 e. The van der Waals surface area contributed by atoms with Gasteiger partial charge in [-0.15, -0.1) is 0 Å². The molecule has 144 valence electrons. The zero-order valence-corrected chi connectivity index (χ0v) is 16.6. The van der Waals surface area contributed by atoms with Gasteiger partial charge in [-0.1, -0.05) is 54.6 Å². The summed E-state index contributed by atoms with van der Waals surface area (Å²) in [6.45, 7) is 0. The fourth-order valence-electron chi connectivity index (χ4n) is 4.37. The molecule has 0 amide bonds. The van der Waals surface area contributed by atoms with Gasteiger partial charge in [-0.25, -0.2) is 4.98 Å². The summed E-state index contributed by atoms with van der Waals surface area (Å²) in [5.74, 6) is 0.927. The van der Waals surface area contributed by atoms with Crippen LogP contribution in [0.2, 0.25) is 0 Å². The first-order chi connectivity index (χ1) is 14.8. The lowest BCUT2D eigenvalue weighted by Gasteiger charge is -2.11. The van der Waals surface area contributed by atoms with E-state index in [-0.39, 0.29) is 0 Å². The SMILES string of the molecule is CNc1ccccc1-c1cccc(-n2c3ccccc3n3c4ccccc4nc23)c1. The topological polar surface area (TPSA) is 34.3 Å². The molecule has 0 saturated heterocycles. The molecule has 0 fully saturated rings. The molecule has 4 nitrogen and oxygen atoms in total. The van der Waals surface area contributed by atoms with Crippen molar-refractivity contribution >= 4 is 33.5 Å². The molecule has 0 aliphatic heterocycles. The molecule has 0 aliphatic carbocycles. The van der Waals surface area contributed by atoms with Gasteiger partial charge in [0.1, 0.15) is 0 Å². The number of para-hydroxylation sites is 5. The normalized spacial score (nSPS) is 11.5. The molecule has 6 aromatic rings. The summed E-state index contributed by atoms with van der Waals surface area (Å²) in [5.41, 5.74) is 8.99. The average molecular weight is 388 g/mol. The Morgan fingerprint density at radius 1 is 0.700 bits per heavy atom. The van der Waals surface area contributed by atoms with Crippen molar-refractivity contribution in [1.29, 1.82) is 0 Å². The predicted molar refractivity (Wildman–Crippen MR) is 125 cm³/mol. The summed E-state index contributed by atoms with van der Waals surface area (Å²) < 4.78 is 4.50. The standard InChI is InChI=1S/C26H20N4/c1-27-21-12-3-2-11-20(21)18-9-8-10-19(17-18)29-24-15-6-7-16-25(24)30-23-14-5-4-13-22(23)28-26(29)30/h2-17,27H,1H3. The van der Waals surface area contributed by atoms with E-state index < -0.39 is 0 Å². The van der Waals surface area contributed by atoms with Crippen molar-refractivity contribution in [2.75, 3.05) is 12.4 Å². The third-order valence-electron chi connectivity index (χ3n) is 5.72. The number of hydrogen-bond acceptors (Lipinski definition) is 2. The molecule has 4 aromatic carbocycles. The first-order valence-electron chi connectivity index (χ1n) is 10.1. The van der Waals surface area contributed by atoms with Crippen molar-refractivity contribution < 1.29 is 0 Å². The Kier molecular flexibility index (Phi) is 3.65. The molecule has 1 N–H and O–H groups in total. The van der Waals surface area contributed by atoms with Gasteiger partial charge in [0.2, 0.25) is 5.78 Å². The fraction of sp³-hybridized carbons (Fsp3) is 0.0385. The fourth-order valence-corrected chi connectivity index (χ4v) is 4.37. The van der Waals surface area contributed by atoms with Crippen LogP contribution < -0.4 is 5.32 Å². The second-order valence-electron chi connectivity index (χ2n) is 7.41. The van der Waals surface area contributed by atoms with E-state index in [1.54, 1.807) is 0 Å². The summed E-state index contributed by atoms with van der Waals surface area (Å²) in [6.07, 6.45) is 0. The Labute approximate surface area is 174 Å². The Bertz CT molecular complexity index is 1540. The van der Waals surface area contributed by atoms with Crippen LogP contribution in [-0.2, 0) is 0 Å². The van der Waals surface area contributed by atoms with Gasteiger partial charge in [0.25, 0.3) is 0 Å². The molecule has 2 heterocycles. The quantitative estimate of drug-likeness (QED) is 0.395. The number of nitrogens with one attached hydrogen (secondary N) is 1. The van der Waals surface area contributed by atoms with Gasteiger partial charge in [-0.05, 0) is 48.0 Å². The molecule has 4 heteroatoms. The van der Waals surface area contributed by atoms with Crippen molar-refractivity contribution in [1.82, 2.24) is 14.0 Å². The highest BCUT2D eigenvalue weighted by molar-refractivity contribution is 5.92. The zero-order chi connectivity index (χ0) is 20.1. The van der Waals surface area contributed by atoms with Gasteiger partial charge in [-0.3, -0.25) is 8.97 Å². The van der Waals surface area contributed by atoms with E-state index in [4.69, 9.17) is 4.98 Å². The summed E-state index contributed by atoms with van der Waals surface area (Å²) in [5, 5.41) is 3.30. The van der Waals surface area contributed by atoms with Crippen LogP contribution >= 0.6 is 0 Å². The maximum atomic E-state index is 4.98. The van der Waals surface area contributed by atoms with E-state index in [9.17, 15) is 0 Å². The largest absolute Gasteiger partial charge is 0.388 e. The molecule has 0 unspecified atom stereocenters. The highest BCUT2D eigenvalue weighted by atomic mass is 15.2. The molecule has 0 bridgehead atoms.